The lowest BCUT2D eigenvalue weighted by Gasteiger charge is -2.31. The van der Waals surface area contributed by atoms with Crippen LogP contribution in [0.4, 0.5) is 13.2 Å². The first kappa shape index (κ1) is 20.2. The lowest BCUT2D eigenvalue weighted by atomic mass is 9.95. The van der Waals surface area contributed by atoms with Gasteiger partial charge in [-0.2, -0.15) is 4.31 Å². The van der Waals surface area contributed by atoms with Crippen LogP contribution in [0.1, 0.15) is 19.3 Å². The van der Waals surface area contributed by atoms with Crippen molar-refractivity contribution in [2.75, 3.05) is 26.7 Å². The maximum Gasteiger partial charge on any atom is 0.248 e. The zero-order valence-electron chi connectivity index (χ0n) is 12.7. The average molecular weight is 373 g/mol. The smallest absolute Gasteiger partial charge is 0.248 e. The molecule has 1 heterocycles. The predicted octanol–water partition coefficient (Wildman–Crippen LogP) is 2.54. The third-order valence-electron chi connectivity index (χ3n) is 3.94. The van der Waals surface area contributed by atoms with Crippen LogP contribution in [0.2, 0.25) is 0 Å². The summed E-state index contributed by atoms with van der Waals surface area (Å²) in [5, 5.41) is 3.04. The highest BCUT2D eigenvalue weighted by Gasteiger charge is 2.33. The maximum absolute atomic E-state index is 13.7. The van der Waals surface area contributed by atoms with Gasteiger partial charge >= 0.3 is 0 Å². The molecule has 0 aromatic heterocycles. The summed E-state index contributed by atoms with van der Waals surface area (Å²) in [5.74, 6) is -3.54. The third kappa shape index (κ3) is 4.59. The molecule has 1 aromatic carbocycles. The minimum absolute atomic E-state index is 0. The minimum atomic E-state index is -4.28. The van der Waals surface area contributed by atoms with Crippen LogP contribution in [0.5, 0.6) is 0 Å². The Morgan fingerprint density at radius 2 is 1.70 bits per heavy atom. The highest BCUT2D eigenvalue weighted by atomic mass is 35.5. The van der Waals surface area contributed by atoms with Crippen molar-refractivity contribution in [2.24, 2.45) is 5.92 Å². The number of hydrogen-bond donors (Lipinski definition) is 1. The number of hydrogen-bond acceptors (Lipinski definition) is 3. The molecule has 1 N–H and O–H groups in total. The lowest BCUT2D eigenvalue weighted by molar-refractivity contribution is 0.261. The van der Waals surface area contributed by atoms with Crippen molar-refractivity contribution >= 4 is 22.4 Å². The summed E-state index contributed by atoms with van der Waals surface area (Å²) in [7, 11) is -2.44. The number of sulfonamides is 1. The zero-order valence-corrected chi connectivity index (χ0v) is 14.3. The first-order valence-electron chi connectivity index (χ1n) is 7.15. The summed E-state index contributed by atoms with van der Waals surface area (Å²) >= 11 is 0. The topological polar surface area (TPSA) is 49.4 Å². The number of rotatable bonds is 5. The van der Waals surface area contributed by atoms with Crippen molar-refractivity contribution in [3.8, 4) is 0 Å². The molecule has 0 spiro atoms. The molecule has 0 saturated carbocycles. The van der Waals surface area contributed by atoms with Gasteiger partial charge in [-0.25, -0.2) is 21.6 Å². The fourth-order valence-corrected chi connectivity index (χ4v) is 4.25. The van der Waals surface area contributed by atoms with Gasteiger partial charge in [0.15, 0.2) is 4.90 Å². The Balaban J connectivity index is 0.00000264. The van der Waals surface area contributed by atoms with Crippen LogP contribution in [-0.4, -0.2) is 39.4 Å². The van der Waals surface area contributed by atoms with Crippen LogP contribution in [0.3, 0.4) is 0 Å². The van der Waals surface area contributed by atoms with E-state index in [-0.39, 0.29) is 25.5 Å². The van der Waals surface area contributed by atoms with E-state index in [1.54, 1.807) is 0 Å². The largest absolute Gasteiger partial charge is 0.320 e. The van der Waals surface area contributed by atoms with Gasteiger partial charge in [-0.05, 0) is 38.8 Å². The molecule has 1 fully saturated rings. The van der Waals surface area contributed by atoms with Gasteiger partial charge in [0.1, 0.15) is 17.5 Å². The van der Waals surface area contributed by atoms with E-state index in [1.807, 2.05) is 7.05 Å². The molecule has 0 unspecified atom stereocenters. The normalized spacial score (nSPS) is 17.0. The second-order valence-corrected chi connectivity index (χ2v) is 7.31. The molecule has 0 bridgehead atoms. The molecule has 1 aliphatic heterocycles. The molecule has 4 nitrogen and oxygen atoms in total. The molecular weight excluding hydrogens is 353 g/mol. The van der Waals surface area contributed by atoms with Crippen LogP contribution in [0.25, 0.3) is 0 Å². The summed E-state index contributed by atoms with van der Waals surface area (Å²) in [5.41, 5.74) is 0. The Morgan fingerprint density at radius 1 is 1.17 bits per heavy atom. The number of piperidine rings is 1. The second kappa shape index (κ2) is 8.32. The van der Waals surface area contributed by atoms with E-state index >= 15 is 0 Å². The Labute approximate surface area is 140 Å². The molecule has 132 valence electrons. The highest BCUT2D eigenvalue weighted by Crippen LogP contribution is 2.28. The standard InChI is InChI=1S/C14H19F3N2O2S.ClH/c1-18-5-2-10-3-6-19(7-4-10)22(20,21)14-12(16)8-11(15)9-13(14)17;/h8-10,18H,2-7H2,1H3;1H. The van der Waals surface area contributed by atoms with Crippen LogP contribution in [-0.2, 0) is 10.0 Å². The van der Waals surface area contributed by atoms with E-state index in [9.17, 15) is 21.6 Å². The van der Waals surface area contributed by atoms with Gasteiger partial charge in [0, 0.05) is 25.2 Å². The Hall–Kier alpha value is -0.830. The van der Waals surface area contributed by atoms with Crippen LogP contribution < -0.4 is 5.32 Å². The zero-order chi connectivity index (χ0) is 16.3. The fourth-order valence-electron chi connectivity index (χ4n) is 2.69. The molecular formula is C14H20ClF3N2O2S. The van der Waals surface area contributed by atoms with Crippen LogP contribution >= 0.6 is 12.4 Å². The van der Waals surface area contributed by atoms with E-state index in [4.69, 9.17) is 0 Å². The number of nitrogens with zero attached hydrogens (tertiary/aromatic N) is 1. The minimum Gasteiger partial charge on any atom is -0.320 e. The van der Waals surface area contributed by atoms with Crippen LogP contribution in [0, 0.1) is 23.4 Å². The number of halogens is 4. The van der Waals surface area contributed by atoms with Crippen molar-refractivity contribution in [3.63, 3.8) is 0 Å². The van der Waals surface area contributed by atoms with Gasteiger partial charge < -0.3 is 5.32 Å². The van der Waals surface area contributed by atoms with E-state index in [0.29, 0.717) is 30.9 Å². The third-order valence-corrected chi connectivity index (χ3v) is 5.89. The maximum atomic E-state index is 13.7. The molecule has 1 aliphatic rings. The van der Waals surface area contributed by atoms with Gasteiger partial charge in [0.2, 0.25) is 10.0 Å². The molecule has 0 aliphatic carbocycles. The summed E-state index contributed by atoms with van der Waals surface area (Å²) < 4.78 is 66.2. The van der Waals surface area contributed by atoms with Crippen molar-refractivity contribution < 1.29 is 21.6 Å². The average Bonchev–Trinajstić information content (AvgIpc) is 2.44. The SMILES string of the molecule is CNCCC1CCN(S(=O)(=O)c2c(F)cc(F)cc2F)CC1.Cl. The van der Waals surface area contributed by atoms with Crippen molar-refractivity contribution in [2.45, 2.75) is 24.2 Å². The molecule has 1 aromatic rings. The fraction of sp³-hybridized carbons (Fsp3) is 0.571. The predicted molar refractivity (Wildman–Crippen MR) is 83.6 cm³/mol. The Kier molecular flexibility index (Phi) is 7.31. The summed E-state index contributed by atoms with van der Waals surface area (Å²) in [6, 6.07) is 0.769. The summed E-state index contributed by atoms with van der Waals surface area (Å²) in [6.07, 6.45) is 2.22. The van der Waals surface area contributed by atoms with Crippen molar-refractivity contribution in [3.05, 3.63) is 29.6 Å². The Morgan fingerprint density at radius 3 is 2.17 bits per heavy atom. The van der Waals surface area contributed by atoms with Crippen molar-refractivity contribution in [1.29, 1.82) is 0 Å². The van der Waals surface area contributed by atoms with E-state index in [2.05, 4.69) is 5.32 Å². The van der Waals surface area contributed by atoms with Gasteiger partial charge in [-0.3, -0.25) is 0 Å². The molecule has 2 rings (SSSR count). The summed E-state index contributed by atoms with van der Waals surface area (Å²) in [6.45, 7) is 1.28. The van der Waals surface area contributed by atoms with E-state index < -0.39 is 32.4 Å². The highest BCUT2D eigenvalue weighted by molar-refractivity contribution is 7.89. The number of benzene rings is 1. The molecule has 23 heavy (non-hydrogen) atoms. The van der Waals surface area contributed by atoms with Crippen LogP contribution in [0.15, 0.2) is 17.0 Å². The Bertz CT molecular complexity index is 612. The molecule has 9 heteroatoms. The molecule has 0 amide bonds. The quantitative estimate of drug-likeness (QED) is 0.864. The van der Waals surface area contributed by atoms with Crippen molar-refractivity contribution in [1.82, 2.24) is 9.62 Å². The molecule has 1 saturated heterocycles. The van der Waals surface area contributed by atoms with Gasteiger partial charge in [0.05, 0.1) is 0 Å². The molecule has 0 radical (unpaired) electrons. The van der Waals surface area contributed by atoms with Gasteiger partial charge in [-0.15, -0.1) is 12.4 Å². The van der Waals surface area contributed by atoms with E-state index in [1.165, 1.54) is 0 Å². The first-order valence-corrected chi connectivity index (χ1v) is 8.59. The number of nitrogens with one attached hydrogen (secondary N) is 1. The first-order chi connectivity index (χ1) is 10.4. The summed E-state index contributed by atoms with van der Waals surface area (Å²) in [4.78, 5) is -1.07. The van der Waals surface area contributed by atoms with Gasteiger partial charge in [0.25, 0.3) is 0 Å². The second-order valence-electron chi connectivity index (χ2n) is 5.44. The lowest BCUT2D eigenvalue weighted by Crippen LogP contribution is -2.39. The van der Waals surface area contributed by atoms with E-state index in [0.717, 1.165) is 17.3 Å². The monoisotopic (exact) mass is 372 g/mol. The molecule has 0 atom stereocenters. The van der Waals surface area contributed by atoms with Gasteiger partial charge in [-0.1, -0.05) is 0 Å².